The maximum atomic E-state index is 5.74. The molecule has 1 aliphatic carbocycles. The second-order valence-corrected chi connectivity index (χ2v) is 5.30. The summed E-state index contributed by atoms with van der Waals surface area (Å²) in [7, 11) is 0. The highest BCUT2D eigenvalue weighted by Crippen LogP contribution is 2.20. The van der Waals surface area contributed by atoms with Crippen molar-refractivity contribution in [3.05, 3.63) is 48.5 Å². The Morgan fingerprint density at radius 3 is 2.80 bits per heavy atom. The van der Waals surface area contributed by atoms with Crippen LogP contribution in [-0.2, 0) is 13.1 Å². The molecule has 1 aliphatic rings. The lowest BCUT2D eigenvalue weighted by atomic mass is 10.2. The van der Waals surface area contributed by atoms with E-state index < -0.39 is 0 Å². The highest BCUT2D eigenvalue weighted by atomic mass is 16.5. The number of benzene rings is 1. The van der Waals surface area contributed by atoms with Crippen LogP contribution < -0.4 is 10.1 Å². The molecule has 2 aromatic rings. The van der Waals surface area contributed by atoms with Gasteiger partial charge in [0, 0.05) is 31.5 Å². The molecule has 1 aromatic carbocycles. The van der Waals surface area contributed by atoms with Crippen LogP contribution in [0.15, 0.2) is 43.0 Å². The summed E-state index contributed by atoms with van der Waals surface area (Å²) >= 11 is 0. The first kappa shape index (κ1) is 13.2. The van der Waals surface area contributed by atoms with Gasteiger partial charge in [-0.1, -0.05) is 12.1 Å². The van der Waals surface area contributed by atoms with Gasteiger partial charge in [0.15, 0.2) is 0 Å². The number of rotatable bonds is 8. The van der Waals surface area contributed by atoms with E-state index in [9.17, 15) is 0 Å². The standard InChI is InChI=1S/C16H21N3O/c1(9-19-10-8-17-13-19)11-20-16-6-2-14(3-7-16)12-18-15-4-5-15/h2-3,6-8,10,13,15,18H,1,4-5,9,11-12H2. The summed E-state index contributed by atoms with van der Waals surface area (Å²) in [5, 5.41) is 3.51. The van der Waals surface area contributed by atoms with Gasteiger partial charge >= 0.3 is 0 Å². The molecule has 0 saturated heterocycles. The van der Waals surface area contributed by atoms with Crippen LogP contribution in [0.2, 0.25) is 0 Å². The van der Waals surface area contributed by atoms with Gasteiger partial charge in [-0.2, -0.15) is 0 Å². The van der Waals surface area contributed by atoms with Gasteiger partial charge in [-0.05, 0) is 37.0 Å². The molecule has 3 rings (SSSR count). The van der Waals surface area contributed by atoms with Crippen molar-refractivity contribution >= 4 is 0 Å². The molecule has 1 fully saturated rings. The summed E-state index contributed by atoms with van der Waals surface area (Å²) < 4.78 is 7.81. The number of aromatic nitrogens is 2. The topological polar surface area (TPSA) is 39.1 Å². The van der Waals surface area contributed by atoms with Crippen molar-refractivity contribution < 1.29 is 4.74 Å². The summed E-state index contributed by atoms with van der Waals surface area (Å²) in [6.07, 6.45) is 9.26. The lowest BCUT2D eigenvalue weighted by Gasteiger charge is -2.08. The normalized spacial score (nSPS) is 14.4. The van der Waals surface area contributed by atoms with Crippen LogP contribution in [0.1, 0.15) is 24.8 Å². The molecule has 0 amide bonds. The zero-order chi connectivity index (χ0) is 13.6. The highest BCUT2D eigenvalue weighted by Gasteiger charge is 2.19. The molecule has 20 heavy (non-hydrogen) atoms. The van der Waals surface area contributed by atoms with E-state index in [0.29, 0.717) is 0 Å². The molecule has 4 nitrogen and oxygen atoms in total. The maximum Gasteiger partial charge on any atom is 0.119 e. The molecular weight excluding hydrogens is 250 g/mol. The Hall–Kier alpha value is -1.81. The van der Waals surface area contributed by atoms with Gasteiger partial charge < -0.3 is 14.6 Å². The average Bonchev–Trinajstić information content (AvgIpc) is 3.17. The molecular formula is C16H21N3O. The van der Waals surface area contributed by atoms with Crippen LogP contribution in [0.5, 0.6) is 5.75 Å². The summed E-state index contributed by atoms with van der Waals surface area (Å²) in [5.41, 5.74) is 1.32. The monoisotopic (exact) mass is 271 g/mol. The number of nitrogens with one attached hydrogen (secondary N) is 1. The number of ether oxygens (including phenoxy) is 1. The fraction of sp³-hybridized carbons (Fsp3) is 0.438. The molecule has 0 radical (unpaired) electrons. The Balaban J connectivity index is 1.36. The van der Waals surface area contributed by atoms with E-state index in [1.165, 1.54) is 18.4 Å². The van der Waals surface area contributed by atoms with Crippen LogP contribution in [0.4, 0.5) is 0 Å². The highest BCUT2D eigenvalue weighted by molar-refractivity contribution is 5.27. The number of nitrogens with zero attached hydrogens (tertiary/aromatic N) is 2. The Bertz CT molecular complexity index is 503. The van der Waals surface area contributed by atoms with Crippen molar-refractivity contribution in [1.29, 1.82) is 0 Å². The molecule has 4 heteroatoms. The molecule has 0 spiro atoms. The van der Waals surface area contributed by atoms with E-state index >= 15 is 0 Å². The van der Waals surface area contributed by atoms with E-state index in [2.05, 4.69) is 39.1 Å². The number of hydrogen-bond acceptors (Lipinski definition) is 3. The maximum absolute atomic E-state index is 5.74. The molecule has 1 N–H and O–H groups in total. The summed E-state index contributed by atoms with van der Waals surface area (Å²) in [4.78, 5) is 4.02. The van der Waals surface area contributed by atoms with Crippen molar-refractivity contribution in [2.24, 2.45) is 0 Å². The largest absolute Gasteiger partial charge is 0.494 e. The Kier molecular flexibility index (Phi) is 4.33. The summed E-state index contributed by atoms with van der Waals surface area (Å²) in [6, 6.07) is 9.15. The van der Waals surface area contributed by atoms with E-state index in [-0.39, 0.29) is 0 Å². The molecule has 1 heterocycles. The minimum atomic E-state index is 0.734. The first-order valence-corrected chi connectivity index (χ1v) is 7.31. The first-order chi connectivity index (χ1) is 9.90. The second-order valence-electron chi connectivity index (χ2n) is 5.30. The molecule has 1 aromatic heterocycles. The predicted octanol–water partition coefficient (Wildman–Crippen LogP) is 2.60. The SMILES string of the molecule is c1cn(CCCOc2ccc(CNC3CC3)cc2)cn1. The van der Waals surface area contributed by atoms with Gasteiger partial charge in [0.1, 0.15) is 5.75 Å². The van der Waals surface area contributed by atoms with Gasteiger partial charge in [-0.3, -0.25) is 0 Å². The van der Waals surface area contributed by atoms with Gasteiger partial charge in [-0.15, -0.1) is 0 Å². The van der Waals surface area contributed by atoms with Gasteiger partial charge in [0.05, 0.1) is 12.9 Å². The van der Waals surface area contributed by atoms with Gasteiger partial charge in [0.25, 0.3) is 0 Å². The fourth-order valence-corrected chi connectivity index (χ4v) is 2.11. The Morgan fingerprint density at radius 1 is 1.25 bits per heavy atom. The smallest absolute Gasteiger partial charge is 0.119 e. The number of aryl methyl sites for hydroxylation is 1. The van der Waals surface area contributed by atoms with Crippen molar-refractivity contribution in [3.8, 4) is 5.75 Å². The Morgan fingerprint density at radius 2 is 2.10 bits per heavy atom. The van der Waals surface area contributed by atoms with Crippen molar-refractivity contribution in [3.63, 3.8) is 0 Å². The third-order valence-electron chi connectivity index (χ3n) is 3.48. The molecule has 1 saturated carbocycles. The van der Waals surface area contributed by atoms with E-state index in [4.69, 9.17) is 4.74 Å². The predicted molar refractivity (Wildman–Crippen MR) is 78.6 cm³/mol. The average molecular weight is 271 g/mol. The third-order valence-corrected chi connectivity index (χ3v) is 3.48. The van der Waals surface area contributed by atoms with E-state index in [0.717, 1.165) is 37.9 Å². The van der Waals surface area contributed by atoms with Crippen molar-refractivity contribution in [1.82, 2.24) is 14.9 Å². The lowest BCUT2D eigenvalue weighted by molar-refractivity contribution is 0.301. The minimum absolute atomic E-state index is 0.734. The second kappa shape index (κ2) is 6.57. The zero-order valence-electron chi connectivity index (χ0n) is 11.7. The number of hydrogen-bond donors (Lipinski definition) is 1. The zero-order valence-corrected chi connectivity index (χ0v) is 11.7. The van der Waals surface area contributed by atoms with Crippen molar-refractivity contribution in [2.75, 3.05) is 6.61 Å². The van der Waals surface area contributed by atoms with Crippen molar-refractivity contribution in [2.45, 2.75) is 38.4 Å². The van der Waals surface area contributed by atoms with E-state index in [1.54, 1.807) is 6.20 Å². The Labute approximate surface area is 119 Å². The lowest BCUT2D eigenvalue weighted by Crippen LogP contribution is -2.15. The number of imidazole rings is 1. The molecule has 0 unspecified atom stereocenters. The van der Waals surface area contributed by atoms with Crippen LogP contribution in [0, 0.1) is 0 Å². The quantitative estimate of drug-likeness (QED) is 0.750. The minimum Gasteiger partial charge on any atom is -0.494 e. The molecule has 0 atom stereocenters. The van der Waals surface area contributed by atoms with Crippen LogP contribution >= 0.6 is 0 Å². The van der Waals surface area contributed by atoms with E-state index in [1.807, 2.05) is 12.5 Å². The van der Waals surface area contributed by atoms with Crippen LogP contribution in [-0.4, -0.2) is 22.2 Å². The molecule has 0 bridgehead atoms. The van der Waals surface area contributed by atoms with Crippen LogP contribution in [0.25, 0.3) is 0 Å². The fourth-order valence-electron chi connectivity index (χ4n) is 2.11. The van der Waals surface area contributed by atoms with Gasteiger partial charge in [-0.25, -0.2) is 4.98 Å². The molecule has 106 valence electrons. The third kappa shape index (κ3) is 4.10. The molecule has 0 aliphatic heterocycles. The first-order valence-electron chi connectivity index (χ1n) is 7.31. The summed E-state index contributed by atoms with van der Waals surface area (Å²) in [5.74, 6) is 0.950. The van der Waals surface area contributed by atoms with Crippen LogP contribution in [0.3, 0.4) is 0 Å². The summed E-state index contributed by atoms with van der Waals surface area (Å²) in [6.45, 7) is 2.65. The van der Waals surface area contributed by atoms with Gasteiger partial charge in [0.2, 0.25) is 0 Å².